The predicted molar refractivity (Wildman–Crippen MR) is 65.4 cm³/mol. The molecule has 1 aromatic rings. The van der Waals surface area contributed by atoms with E-state index < -0.39 is 6.10 Å². The van der Waals surface area contributed by atoms with Crippen LogP contribution < -0.4 is 10.6 Å². The molecule has 4 heteroatoms. The maximum absolute atomic E-state index is 11.0. The van der Waals surface area contributed by atoms with Crippen LogP contribution in [0.15, 0.2) is 30.3 Å². The molecule has 1 heterocycles. The number of benzene rings is 1. The number of carbonyl (C=O) groups is 1. The minimum absolute atomic E-state index is 0.117. The Balaban J connectivity index is 1.77. The van der Waals surface area contributed by atoms with E-state index in [0.717, 1.165) is 12.0 Å². The highest BCUT2D eigenvalue weighted by molar-refractivity contribution is 5.76. The SMILES string of the molecule is O=C1CCC(NCC(O)c2ccccc2)CN1. The van der Waals surface area contributed by atoms with Crippen LogP contribution in [-0.4, -0.2) is 30.1 Å². The van der Waals surface area contributed by atoms with Gasteiger partial charge in [-0.3, -0.25) is 4.79 Å². The first-order valence-electron chi connectivity index (χ1n) is 5.99. The standard InChI is InChI=1S/C13H18N2O2/c16-12(10-4-2-1-3-5-10)9-14-11-6-7-13(17)15-8-11/h1-5,11-12,14,16H,6-9H2,(H,15,17). The number of carbonyl (C=O) groups excluding carboxylic acids is 1. The summed E-state index contributed by atoms with van der Waals surface area (Å²) in [6.45, 7) is 1.17. The lowest BCUT2D eigenvalue weighted by Gasteiger charge is -2.24. The van der Waals surface area contributed by atoms with Crippen molar-refractivity contribution in [1.82, 2.24) is 10.6 Å². The summed E-state index contributed by atoms with van der Waals surface area (Å²) >= 11 is 0. The lowest BCUT2D eigenvalue weighted by atomic mass is 10.1. The molecular formula is C13H18N2O2. The van der Waals surface area contributed by atoms with Crippen molar-refractivity contribution >= 4 is 5.91 Å². The van der Waals surface area contributed by atoms with Crippen molar-refractivity contribution in [3.05, 3.63) is 35.9 Å². The number of rotatable bonds is 4. The number of nitrogens with one attached hydrogen (secondary N) is 2. The zero-order chi connectivity index (χ0) is 12.1. The first-order valence-corrected chi connectivity index (χ1v) is 5.99. The molecule has 1 saturated heterocycles. The van der Waals surface area contributed by atoms with Gasteiger partial charge in [0.2, 0.25) is 5.91 Å². The molecule has 1 fully saturated rings. The van der Waals surface area contributed by atoms with Crippen LogP contribution in [0.25, 0.3) is 0 Å². The van der Waals surface area contributed by atoms with E-state index in [1.165, 1.54) is 0 Å². The maximum atomic E-state index is 11.0. The van der Waals surface area contributed by atoms with Crippen molar-refractivity contribution in [1.29, 1.82) is 0 Å². The van der Waals surface area contributed by atoms with Crippen molar-refractivity contribution in [2.45, 2.75) is 25.0 Å². The van der Waals surface area contributed by atoms with Gasteiger partial charge in [0, 0.05) is 25.6 Å². The van der Waals surface area contributed by atoms with Crippen LogP contribution in [0.4, 0.5) is 0 Å². The molecule has 1 aliphatic rings. The summed E-state index contributed by atoms with van der Waals surface area (Å²) in [7, 11) is 0. The van der Waals surface area contributed by atoms with Gasteiger partial charge < -0.3 is 15.7 Å². The minimum Gasteiger partial charge on any atom is -0.387 e. The summed E-state index contributed by atoms with van der Waals surface area (Å²) in [5.74, 6) is 0.117. The fourth-order valence-electron chi connectivity index (χ4n) is 1.98. The van der Waals surface area contributed by atoms with Crippen LogP contribution in [0.1, 0.15) is 24.5 Å². The van der Waals surface area contributed by atoms with E-state index in [1.807, 2.05) is 30.3 Å². The molecule has 0 aliphatic carbocycles. The fraction of sp³-hybridized carbons (Fsp3) is 0.462. The molecule has 1 aromatic carbocycles. The molecule has 1 aliphatic heterocycles. The molecule has 0 saturated carbocycles. The molecule has 0 spiro atoms. The second-order valence-electron chi connectivity index (χ2n) is 4.37. The molecule has 92 valence electrons. The van der Waals surface area contributed by atoms with Crippen molar-refractivity contribution in [2.24, 2.45) is 0 Å². The molecule has 0 aromatic heterocycles. The number of hydrogen-bond acceptors (Lipinski definition) is 3. The summed E-state index contributed by atoms with van der Waals surface area (Å²) < 4.78 is 0. The van der Waals surface area contributed by atoms with Gasteiger partial charge in [-0.05, 0) is 12.0 Å². The number of aliphatic hydroxyl groups excluding tert-OH is 1. The van der Waals surface area contributed by atoms with Crippen molar-refractivity contribution in [2.75, 3.05) is 13.1 Å². The second kappa shape index (κ2) is 5.80. The Hall–Kier alpha value is -1.39. The average molecular weight is 234 g/mol. The maximum Gasteiger partial charge on any atom is 0.220 e. The van der Waals surface area contributed by atoms with E-state index in [0.29, 0.717) is 19.5 Å². The largest absolute Gasteiger partial charge is 0.387 e. The zero-order valence-corrected chi connectivity index (χ0v) is 9.73. The monoisotopic (exact) mass is 234 g/mol. The third kappa shape index (κ3) is 3.54. The summed E-state index contributed by atoms with van der Waals surface area (Å²) in [5.41, 5.74) is 0.917. The highest BCUT2D eigenvalue weighted by atomic mass is 16.3. The Bertz CT molecular complexity index is 357. The Labute approximate surface area is 101 Å². The molecule has 2 atom stereocenters. The Morgan fingerprint density at radius 1 is 1.41 bits per heavy atom. The van der Waals surface area contributed by atoms with E-state index in [4.69, 9.17) is 0 Å². The molecule has 4 nitrogen and oxygen atoms in total. The van der Waals surface area contributed by atoms with Gasteiger partial charge in [0.1, 0.15) is 0 Å². The van der Waals surface area contributed by atoms with Crippen LogP contribution in [-0.2, 0) is 4.79 Å². The van der Waals surface area contributed by atoms with Gasteiger partial charge in [0.25, 0.3) is 0 Å². The highest BCUT2D eigenvalue weighted by Gasteiger charge is 2.18. The van der Waals surface area contributed by atoms with Gasteiger partial charge in [0.05, 0.1) is 6.10 Å². The van der Waals surface area contributed by atoms with E-state index in [-0.39, 0.29) is 11.9 Å². The first kappa shape index (κ1) is 12.1. The summed E-state index contributed by atoms with van der Waals surface area (Å²) in [5, 5.41) is 16.0. The average Bonchev–Trinajstić information content (AvgIpc) is 2.39. The molecule has 0 bridgehead atoms. The van der Waals surface area contributed by atoms with Gasteiger partial charge in [-0.25, -0.2) is 0 Å². The summed E-state index contributed by atoms with van der Waals surface area (Å²) in [6, 6.07) is 9.86. The number of aliphatic hydroxyl groups is 1. The van der Waals surface area contributed by atoms with Gasteiger partial charge >= 0.3 is 0 Å². The summed E-state index contributed by atoms with van der Waals surface area (Å²) in [4.78, 5) is 11.0. The van der Waals surface area contributed by atoms with Crippen LogP contribution in [0.2, 0.25) is 0 Å². The minimum atomic E-state index is -0.492. The molecule has 3 N–H and O–H groups in total. The molecule has 2 rings (SSSR count). The summed E-state index contributed by atoms with van der Waals surface area (Å²) in [6.07, 6.45) is 0.917. The smallest absolute Gasteiger partial charge is 0.220 e. The highest BCUT2D eigenvalue weighted by Crippen LogP contribution is 2.11. The van der Waals surface area contributed by atoms with Crippen molar-refractivity contribution < 1.29 is 9.90 Å². The molecular weight excluding hydrogens is 216 g/mol. The van der Waals surface area contributed by atoms with Crippen LogP contribution in [0.5, 0.6) is 0 Å². The van der Waals surface area contributed by atoms with Crippen LogP contribution in [0, 0.1) is 0 Å². The molecule has 0 radical (unpaired) electrons. The quantitative estimate of drug-likeness (QED) is 0.714. The van der Waals surface area contributed by atoms with E-state index >= 15 is 0 Å². The van der Waals surface area contributed by atoms with Crippen molar-refractivity contribution in [3.63, 3.8) is 0 Å². The van der Waals surface area contributed by atoms with Gasteiger partial charge in [-0.15, -0.1) is 0 Å². The van der Waals surface area contributed by atoms with Crippen LogP contribution >= 0.6 is 0 Å². The fourth-order valence-corrected chi connectivity index (χ4v) is 1.98. The number of hydrogen-bond donors (Lipinski definition) is 3. The molecule has 2 unspecified atom stereocenters. The first-order chi connectivity index (χ1) is 8.25. The topological polar surface area (TPSA) is 61.4 Å². The Morgan fingerprint density at radius 3 is 2.82 bits per heavy atom. The van der Waals surface area contributed by atoms with E-state index in [9.17, 15) is 9.90 Å². The second-order valence-corrected chi connectivity index (χ2v) is 4.37. The van der Waals surface area contributed by atoms with E-state index in [2.05, 4.69) is 10.6 Å². The van der Waals surface area contributed by atoms with Gasteiger partial charge in [-0.2, -0.15) is 0 Å². The zero-order valence-electron chi connectivity index (χ0n) is 9.73. The number of amides is 1. The van der Waals surface area contributed by atoms with E-state index in [1.54, 1.807) is 0 Å². The Kier molecular flexibility index (Phi) is 4.12. The predicted octanol–water partition coefficient (Wildman–Crippen LogP) is 0.588. The third-order valence-electron chi connectivity index (χ3n) is 3.05. The van der Waals surface area contributed by atoms with Crippen molar-refractivity contribution in [3.8, 4) is 0 Å². The Morgan fingerprint density at radius 2 is 2.18 bits per heavy atom. The number of piperidine rings is 1. The van der Waals surface area contributed by atoms with Crippen LogP contribution in [0.3, 0.4) is 0 Å². The lowest BCUT2D eigenvalue weighted by molar-refractivity contribution is -0.122. The lowest BCUT2D eigenvalue weighted by Crippen LogP contribution is -2.46. The molecule has 17 heavy (non-hydrogen) atoms. The molecule has 1 amide bonds. The van der Waals surface area contributed by atoms with Gasteiger partial charge in [-0.1, -0.05) is 30.3 Å². The normalized spacial score (nSPS) is 21.9. The van der Waals surface area contributed by atoms with Gasteiger partial charge in [0.15, 0.2) is 0 Å². The third-order valence-corrected chi connectivity index (χ3v) is 3.05.